The van der Waals surface area contributed by atoms with Gasteiger partial charge in [-0.1, -0.05) is 45.9 Å². The quantitative estimate of drug-likeness (QED) is 0.351. The Hall–Kier alpha value is -1.10. The lowest BCUT2D eigenvalue weighted by Crippen LogP contribution is -2.31. The van der Waals surface area contributed by atoms with Gasteiger partial charge in [-0.25, -0.2) is 9.78 Å². The molecule has 1 aromatic carbocycles. The van der Waals surface area contributed by atoms with E-state index in [0.717, 1.165) is 18.6 Å². The molecule has 0 amide bonds. The minimum absolute atomic E-state index is 0.174. The molecule has 0 radical (unpaired) electrons. The van der Waals surface area contributed by atoms with Crippen molar-refractivity contribution in [2.45, 2.75) is 112 Å². The fraction of sp³-hybridized carbons (Fsp3) is 0.739. The first kappa shape index (κ1) is 25.9. The maximum absolute atomic E-state index is 5.36. The van der Waals surface area contributed by atoms with Crippen LogP contribution >= 0.6 is 0 Å². The summed E-state index contributed by atoms with van der Waals surface area (Å²) in [5.74, 6) is 1.24. The van der Waals surface area contributed by atoms with Crippen LogP contribution in [-0.2, 0) is 14.7 Å². The van der Waals surface area contributed by atoms with Crippen LogP contribution in [0.15, 0.2) is 24.3 Å². The molecule has 0 unspecified atom stereocenters. The van der Waals surface area contributed by atoms with Gasteiger partial charge in [-0.15, -0.1) is 0 Å². The maximum Gasteiger partial charge on any atom is 0.168 e. The lowest BCUT2D eigenvalue weighted by atomic mass is 10.0. The highest BCUT2D eigenvalue weighted by Gasteiger charge is 2.23. The van der Waals surface area contributed by atoms with Gasteiger partial charge in [0, 0.05) is 5.56 Å². The molecular weight excluding hydrogens is 340 g/mol. The molecular formula is C23H42O4. The van der Waals surface area contributed by atoms with Gasteiger partial charge in [0.2, 0.25) is 0 Å². The molecule has 158 valence electrons. The second-order valence-electron chi connectivity index (χ2n) is 9.36. The van der Waals surface area contributed by atoms with Crippen LogP contribution in [0.5, 0.6) is 5.75 Å². The van der Waals surface area contributed by atoms with Gasteiger partial charge in [-0.05, 0) is 73.3 Å². The third kappa shape index (κ3) is 12.1. The SMILES string of the molecule is CC(C)c1ccccc1OOC(C)(C)C.CCC(C)(C)OOC(C)(C)CC. The second kappa shape index (κ2) is 11.0. The average molecular weight is 383 g/mol. The lowest BCUT2D eigenvalue weighted by Gasteiger charge is -2.29. The molecule has 0 aliphatic rings. The summed E-state index contributed by atoms with van der Waals surface area (Å²) in [6.07, 6.45) is 1.90. The van der Waals surface area contributed by atoms with Gasteiger partial charge in [-0.2, -0.15) is 4.89 Å². The van der Waals surface area contributed by atoms with E-state index in [0.29, 0.717) is 5.92 Å². The lowest BCUT2D eigenvalue weighted by molar-refractivity contribution is -0.401. The minimum Gasteiger partial charge on any atom is -0.337 e. The van der Waals surface area contributed by atoms with Gasteiger partial charge in [0.1, 0.15) is 5.60 Å². The van der Waals surface area contributed by atoms with Crippen LogP contribution in [0.1, 0.15) is 100 Å². The highest BCUT2D eigenvalue weighted by atomic mass is 17.2. The molecule has 0 saturated heterocycles. The number of hydrogen-bond donors (Lipinski definition) is 0. The van der Waals surface area contributed by atoms with Crippen molar-refractivity contribution >= 4 is 0 Å². The molecule has 0 N–H and O–H groups in total. The summed E-state index contributed by atoms with van der Waals surface area (Å²) in [7, 11) is 0. The van der Waals surface area contributed by atoms with E-state index in [2.05, 4.69) is 33.8 Å². The molecule has 0 fully saturated rings. The summed E-state index contributed by atoms with van der Waals surface area (Å²) in [5, 5.41) is 0. The molecule has 0 spiro atoms. The molecule has 0 atom stereocenters. The van der Waals surface area contributed by atoms with Gasteiger partial charge in [0.05, 0.1) is 11.2 Å². The first-order valence-electron chi connectivity index (χ1n) is 10.0. The van der Waals surface area contributed by atoms with Crippen molar-refractivity contribution in [3.63, 3.8) is 0 Å². The molecule has 4 nitrogen and oxygen atoms in total. The van der Waals surface area contributed by atoms with E-state index >= 15 is 0 Å². The summed E-state index contributed by atoms with van der Waals surface area (Å²) in [5.41, 5.74) is 0.532. The molecule has 0 bridgehead atoms. The van der Waals surface area contributed by atoms with Crippen LogP contribution in [0.4, 0.5) is 0 Å². The molecule has 0 aliphatic heterocycles. The molecule has 0 saturated carbocycles. The average Bonchev–Trinajstić information content (AvgIpc) is 2.58. The van der Waals surface area contributed by atoms with Crippen LogP contribution in [0.3, 0.4) is 0 Å². The van der Waals surface area contributed by atoms with Gasteiger partial charge >= 0.3 is 0 Å². The molecule has 1 aromatic rings. The Labute approximate surface area is 167 Å². The fourth-order valence-corrected chi connectivity index (χ4v) is 1.55. The number of para-hydroxylation sites is 1. The highest BCUT2D eigenvalue weighted by Crippen LogP contribution is 2.27. The third-order valence-electron chi connectivity index (χ3n) is 4.12. The van der Waals surface area contributed by atoms with Crippen molar-refractivity contribution < 1.29 is 19.6 Å². The highest BCUT2D eigenvalue weighted by molar-refractivity contribution is 5.35. The van der Waals surface area contributed by atoms with Gasteiger partial charge < -0.3 is 4.89 Å². The van der Waals surface area contributed by atoms with E-state index in [-0.39, 0.29) is 16.8 Å². The van der Waals surface area contributed by atoms with E-state index in [1.807, 2.05) is 66.7 Å². The summed E-state index contributed by atoms with van der Waals surface area (Å²) in [6.45, 7) is 22.4. The Morgan fingerprint density at radius 3 is 1.56 bits per heavy atom. The van der Waals surface area contributed by atoms with Crippen molar-refractivity contribution in [3.05, 3.63) is 29.8 Å². The summed E-state index contributed by atoms with van der Waals surface area (Å²) in [4.78, 5) is 21.3. The zero-order valence-electron chi connectivity index (χ0n) is 19.4. The fourth-order valence-electron chi connectivity index (χ4n) is 1.55. The van der Waals surface area contributed by atoms with Crippen molar-refractivity contribution in [3.8, 4) is 5.75 Å². The normalized spacial score (nSPS) is 12.6. The van der Waals surface area contributed by atoms with E-state index in [9.17, 15) is 0 Å². The molecule has 4 heteroatoms. The molecule has 0 aliphatic carbocycles. The Morgan fingerprint density at radius 2 is 1.19 bits per heavy atom. The minimum atomic E-state index is -0.288. The van der Waals surface area contributed by atoms with E-state index in [1.54, 1.807) is 0 Å². The Bertz CT molecular complexity index is 511. The Balaban J connectivity index is 0.000000516. The van der Waals surface area contributed by atoms with Crippen LogP contribution in [-0.4, -0.2) is 16.8 Å². The molecule has 0 heterocycles. The zero-order chi connectivity index (χ0) is 21.3. The number of hydrogen-bond acceptors (Lipinski definition) is 4. The smallest absolute Gasteiger partial charge is 0.168 e. The Kier molecular flexibility index (Phi) is 10.6. The van der Waals surface area contributed by atoms with Crippen molar-refractivity contribution in [1.29, 1.82) is 0 Å². The van der Waals surface area contributed by atoms with Crippen molar-refractivity contribution in [2.24, 2.45) is 0 Å². The number of benzene rings is 1. The summed E-state index contributed by atoms with van der Waals surface area (Å²) >= 11 is 0. The first-order chi connectivity index (χ1) is 12.2. The summed E-state index contributed by atoms with van der Waals surface area (Å²) in [6, 6.07) is 7.96. The van der Waals surface area contributed by atoms with Crippen LogP contribution in [0.25, 0.3) is 0 Å². The number of rotatable bonds is 8. The van der Waals surface area contributed by atoms with E-state index < -0.39 is 0 Å². The standard InChI is InChI=1S/C13H20O2.C10H22O2/c1-10(2)11-8-6-7-9-12(11)14-15-13(3,4)5;1-7-9(3,4)11-12-10(5,6)8-2/h6-10H,1-5H3;7-8H2,1-6H3. The van der Waals surface area contributed by atoms with Crippen LogP contribution < -0.4 is 4.89 Å². The van der Waals surface area contributed by atoms with Gasteiger partial charge in [0.15, 0.2) is 5.75 Å². The van der Waals surface area contributed by atoms with Crippen molar-refractivity contribution in [2.75, 3.05) is 0 Å². The van der Waals surface area contributed by atoms with Gasteiger partial charge in [0.25, 0.3) is 0 Å². The predicted molar refractivity (Wildman–Crippen MR) is 113 cm³/mol. The zero-order valence-corrected chi connectivity index (χ0v) is 19.4. The second-order valence-corrected chi connectivity index (χ2v) is 9.36. The third-order valence-corrected chi connectivity index (χ3v) is 4.12. The van der Waals surface area contributed by atoms with E-state index in [4.69, 9.17) is 19.6 Å². The topological polar surface area (TPSA) is 36.9 Å². The monoisotopic (exact) mass is 382 g/mol. The largest absolute Gasteiger partial charge is 0.337 e. The Morgan fingerprint density at radius 1 is 0.741 bits per heavy atom. The van der Waals surface area contributed by atoms with Crippen LogP contribution in [0, 0.1) is 0 Å². The van der Waals surface area contributed by atoms with Crippen molar-refractivity contribution in [1.82, 2.24) is 0 Å². The maximum atomic E-state index is 5.36. The van der Waals surface area contributed by atoms with Crippen LogP contribution in [0.2, 0.25) is 0 Å². The van der Waals surface area contributed by atoms with E-state index in [1.165, 1.54) is 5.56 Å². The first-order valence-corrected chi connectivity index (χ1v) is 10.0. The van der Waals surface area contributed by atoms with Gasteiger partial charge in [-0.3, -0.25) is 0 Å². The molecule has 0 aromatic heterocycles. The molecule has 27 heavy (non-hydrogen) atoms. The predicted octanol–water partition coefficient (Wildman–Crippen LogP) is 7.23. The molecule has 1 rings (SSSR count). The summed E-state index contributed by atoms with van der Waals surface area (Å²) < 4.78 is 0.